The molecule has 0 aliphatic rings. The zero-order chi connectivity index (χ0) is 31.1. The number of aromatic nitrogens is 4. The van der Waals surface area contributed by atoms with E-state index in [2.05, 4.69) is 168 Å². The quantitative estimate of drug-likeness (QED) is 0.149. The Morgan fingerprint density at radius 1 is 0.447 bits per heavy atom. The average molecular weight is 601 g/mol. The molecule has 4 heteroatoms. The van der Waals surface area contributed by atoms with Crippen LogP contribution < -0.4 is 0 Å². The lowest BCUT2D eigenvalue weighted by molar-refractivity contribution is 0.962. The summed E-state index contributed by atoms with van der Waals surface area (Å²) in [5.41, 5.74) is 11.0. The van der Waals surface area contributed by atoms with Crippen molar-refractivity contribution in [1.29, 1.82) is 0 Å². The summed E-state index contributed by atoms with van der Waals surface area (Å²) in [6.07, 6.45) is 0. The second-order valence-corrected chi connectivity index (χ2v) is 12.2. The van der Waals surface area contributed by atoms with E-state index in [1.165, 1.54) is 27.4 Å². The van der Waals surface area contributed by atoms with Crippen molar-refractivity contribution >= 4 is 65.4 Å². The highest BCUT2D eigenvalue weighted by Crippen LogP contribution is 2.43. The topological polar surface area (TPSA) is 35.6 Å². The Morgan fingerprint density at radius 3 is 1.72 bits per heavy atom. The summed E-state index contributed by atoms with van der Waals surface area (Å²) in [6, 6.07) is 53.9. The first-order valence-corrected chi connectivity index (χ1v) is 16.0. The minimum Gasteiger partial charge on any atom is -0.327 e. The molecule has 3 heterocycles. The minimum absolute atomic E-state index is 0.929. The largest absolute Gasteiger partial charge is 0.327 e. The van der Waals surface area contributed by atoms with Gasteiger partial charge in [0.2, 0.25) is 0 Å². The number of hydrogen-bond donors (Lipinski definition) is 0. The molecular formula is C43H28N4. The molecule has 0 fully saturated rings. The van der Waals surface area contributed by atoms with Crippen LogP contribution in [0.3, 0.4) is 0 Å². The lowest BCUT2D eigenvalue weighted by atomic mass is 9.93. The lowest BCUT2D eigenvalue weighted by Gasteiger charge is -2.14. The standard InChI is InChI=1S/C43H28N4/c1-46-42-33-18-6-5-17-32(33)40-39(38(27-13-3-2-4-14-27)34-19-7-10-20-35(34)44-40)41(42)45-43(46)28-23-25-29(26-24-28)47-36-21-11-8-15-30(36)31-16-9-12-22-37(31)47/h2-26H,1H3. The van der Waals surface area contributed by atoms with Gasteiger partial charge in [0.05, 0.1) is 33.1 Å². The van der Waals surface area contributed by atoms with Crippen molar-refractivity contribution in [2.24, 2.45) is 7.05 Å². The third kappa shape index (κ3) is 3.70. The van der Waals surface area contributed by atoms with Gasteiger partial charge in [0, 0.05) is 56.2 Å². The molecule has 0 saturated carbocycles. The fourth-order valence-electron chi connectivity index (χ4n) is 7.64. The highest BCUT2D eigenvalue weighted by Gasteiger charge is 2.22. The van der Waals surface area contributed by atoms with Crippen molar-refractivity contribution < 1.29 is 0 Å². The zero-order valence-electron chi connectivity index (χ0n) is 25.7. The monoisotopic (exact) mass is 600 g/mol. The molecule has 0 aliphatic carbocycles. The Kier molecular flexibility index (Phi) is 5.46. The van der Waals surface area contributed by atoms with E-state index >= 15 is 0 Å². The molecule has 0 radical (unpaired) electrons. The first kappa shape index (κ1) is 26.0. The van der Waals surface area contributed by atoms with E-state index in [9.17, 15) is 0 Å². The number of benzene rings is 7. The van der Waals surface area contributed by atoms with Crippen molar-refractivity contribution in [2.75, 3.05) is 0 Å². The lowest BCUT2D eigenvalue weighted by Crippen LogP contribution is -1.96. The molecule has 0 amide bonds. The minimum atomic E-state index is 0.929. The van der Waals surface area contributed by atoms with Crippen LogP contribution in [-0.2, 0) is 7.05 Å². The number of hydrogen-bond acceptors (Lipinski definition) is 2. The fourth-order valence-corrected chi connectivity index (χ4v) is 7.64. The molecule has 4 nitrogen and oxygen atoms in total. The molecule has 47 heavy (non-hydrogen) atoms. The summed E-state index contributed by atoms with van der Waals surface area (Å²) in [4.78, 5) is 10.8. The molecule has 0 N–H and O–H groups in total. The third-order valence-electron chi connectivity index (χ3n) is 9.69. The van der Waals surface area contributed by atoms with Crippen molar-refractivity contribution in [3.8, 4) is 28.2 Å². The number of nitrogens with zero attached hydrogens (tertiary/aromatic N) is 4. The number of aryl methyl sites for hydroxylation is 1. The van der Waals surface area contributed by atoms with Crippen LogP contribution >= 0.6 is 0 Å². The van der Waals surface area contributed by atoms with E-state index in [4.69, 9.17) is 9.97 Å². The molecule has 10 rings (SSSR count). The zero-order valence-corrected chi connectivity index (χ0v) is 25.7. The van der Waals surface area contributed by atoms with Crippen molar-refractivity contribution in [3.05, 3.63) is 152 Å². The van der Waals surface area contributed by atoms with Gasteiger partial charge in [-0.3, -0.25) is 0 Å². The third-order valence-corrected chi connectivity index (χ3v) is 9.69. The number of fused-ring (bicyclic) bond motifs is 10. The molecule has 0 bridgehead atoms. The maximum Gasteiger partial charge on any atom is 0.140 e. The summed E-state index contributed by atoms with van der Waals surface area (Å²) < 4.78 is 4.61. The van der Waals surface area contributed by atoms with Crippen LogP contribution in [0.2, 0.25) is 0 Å². The molecule has 3 aromatic heterocycles. The molecule has 0 atom stereocenters. The molecule has 0 unspecified atom stereocenters. The van der Waals surface area contributed by atoms with E-state index in [1.807, 2.05) is 0 Å². The SMILES string of the molecule is Cn1c(-c2ccc(-n3c4ccccc4c4ccccc43)cc2)nc2c3c(-c4ccccc4)c4ccccc4nc3c3ccccc3c21. The maximum atomic E-state index is 5.46. The second-order valence-electron chi connectivity index (χ2n) is 12.2. The van der Waals surface area contributed by atoms with Gasteiger partial charge in [-0.25, -0.2) is 9.97 Å². The van der Waals surface area contributed by atoms with Crippen LogP contribution in [0.4, 0.5) is 0 Å². The fraction of sp³-hybridized carbons (Fsp3) is 0.0233. The van der Waals surface area contributed by atoms with Crippen molar-refractivity contribution in [2.45, 2.75) is 0 Å². The number of para-hydroxylation sites is 3. The van der Waals surface area contributed by atoms with Crippen LogP contribution in [-0.4, -0.2) is 19.1 Å². The van der Waals surface area contributed by atoms with Gasteiger partial charge in [-0.2, -0.15) is 0 Å². The summed E-state index contributed by atoms with van der Waals surface area (Å²) in [5, 5.41) is 7.03. The Morgan fingerprint density at radius 2 is 1.02 bits per heavy atom. The summed E-state index contributed by atoms with van der Waals surface area (Å²) in [6.45, 7) is 0. The van der Waals surface area contributed by atoms with Gasteiger partial charge in [-0.05, 0) is 48.0 Å². The van der Waals surface area contributed by atoms with E-state index in [-0.39, 0.29) is 0 Å². The van der Waals surface area contributed by atoms with Crippen LogP contribution in [0.5, 0.6) is 0 Å². The Labute approximate surface area is 270 Å². The van der Waals surface area contributed by atoms with Gasteiger partial charge < -0.3 is 9.13 Å². The first-order valence-electron chi connectivity index (χ1n) is 16.0. The Balaban J connectivity index is 1.26. The first-order chi connectivity index (χ1) is 23.3. The molecule has 0 saturated heterocycles. The van der Waals surface area contributed by atoms with Gasteiger partial charge in [0.15, 0.2) is 0 Å². The molecule has 220 valence electrons. The van der Waals surface area contributed by atoms with Gasteiger partial charge in [0.25, 0.3) is 0 Å². The van der Waals surface area contributed by atoms with Gasteiger partial charge in [-0.15, -0.1) is 0 Å². The number of rotatable bonds is 3. The summed E-state index contributed by atoms with van der Waals surface area (Å²) in [7, 11) is 2.14. The van der Waals surface area contributed by atoms with E-state index in [0.29, 0.717) is 0 Å². The highest BCUT2D eigenvalue weighted by molar-refractivity contribution is 6.29. The summed E-state index contributed by atoms with van der Waals surface area (Å²) >= 11 is 0. The molecule has 0 aliphatic heterocycles. The highest BCUT2D eigenvalue weighted by atomic mass is 15.1. The molecule has 0 spiro atoms. The predicted octanol–water partition coefficient (Wildman–Crippen LogP) is 10.9. The van der Waals surface area contributed by atoms with Crippen LogP contribution in [0.25, 0.3) is 93.6 Å². The van der Waals surface area contributed by atoms with E-state index in [0.717, 1.165) is 66.3 Å². The Hall–Kier alpha value is -6.26. The van der Waals surface area contributed by atoms with E-state index in [1.54, 1.807) is 0 Å². The smallest absolute Gasteiger partial charge is 0.140 e. The molecular weight excluding hydrogens is 573 g/mol. The van der Waals surface area contributed by atoms with Crippen molar-refractivity contribution in [3.63, 3.8) is 0 Å². The van der Waals surface area contributed by atoms with Crippen molar-refractivity contribution in [1.82, 2.24) is 19.1 Å². The van der Waals surface area contributed by atoms with Crippen LogP contribution in [0.1, 0.15) is 0 Å². The molecule has 10 aromatic rings. The number of imidazole rings is 1. The second kappa shape index (κ2) is 9.87. The predicted molar refractivity (Wildman–Crippen MR) is 196 cm³/mol. The summed E-state index contributed by atoms with van der Waals surface area (Å²) in [5.74, 6) is 0.929. The van der Waals surface area contributed by atoms with Crippen LogP contribution in [0, 0.1) is 0 Å². The molecule has 7 aromatic carbocycles. The van der Waals surface area contributed by atoms with Gasteiger partial charge in [0.1, 0.15) is 5.82 Å². The van der Waals surface area contributed by atoms with Gasteiger partial charge in [-0.1, -0.05) is 109 Å². The van der Waals surface area contributed by atoms with E-state index < -0.39 is 0 Å². The normalized spacial score (nSPS) is 11.9. The average Bonchev–Trinajstić information content (AvgIpc) is 3.66. The van der Waals surface area contributed by atoms with Crippen LogP contribution in [0.15, 0.2) is 152 Å². The van der Waals surface area contributed by atoms with Gasteiger partial charge >= 0.3 is 0 Å². The Bertz CT molecular complexity index is 2790. The maximum absolute atomic E-state index is 5.46. The number of pyridine rings is 1.